The maximum atomic E-state index is 5.37. The molecule has 0 bridgehead atoms. The van der Waals surface area contributed by atoms with E-state index in [0.29, 0.717) is 18.0 Å². The predicted octanol–water partition coefficient (Wildman–Crippen LogP) is 0.317. The average Bonchev–Trinajstić information content (AvgIpc) is 2.74. The third-order valence-electron chi connectivity index (χ3n) is 4.36. The van der Waals surface area contributed by atoms with Crippen molar-refractivity contribution in [3.63, 3.8) is 0 Å². The van der Waals surface area contributed by atoms with Crippen molar-refractivity contribution in [2.75, 3.05) is 18.4 Å². The van der Waals surface area contributed by atoms with Crippen LogP contribution in [0, 0.1) is 0 Å². The van der Waals surface area contributed by atoms with Gasteiger partial charge in [0.1, 0.15) is 0 Å². The molecule has 0 unspecified atom stereocenters. The average molecular weight is 445 g/mol. The molecule has 12 heteroatoms. The van der Waals surface area contributed by atoms with Crippen LogP contribution in [0.25, 0.3) is 0 Å². The van der Waals surface area contributed by atoms with Gasteiger partial charge in [-0.3, -0.25) is 4.99 Å². The molecule has 0 amide bonds. The Kier molecular flexibility index (Phi) is 11.6. The Hall–Kier alpha value is -3.83. The molecular formula is C20H36N12. The fourth-order valence-corrected chi connectivity index (χ4v) is 2.74. The number of nitrogens with one attached hydrogen (secondary N) is 1. The highest BCUT2D eigenvalue weighted by molar-refractivity contribution is 6.05. The Labute approximate surface area is 189 Å². The van der Waals surface area contributed by atoms with Gasteiger partial charge in [0.2, 0.25) is 11.9 Å². The fourth-order valence-electron chi connectivity index (χ4n) is 2.74. The number of nitrogens with zero attached hydrogens (tertiary/aromatic N) is 5. The van der Waals surface area contributed by atoms with Gasteiger partial charge in [-0.25, -0.2) is 0 Å². The topological polar surface area (TPSA) is 230 Å². The highest BCUT2D eigenvalue weighted by Gasteiger charge is 2.07. The monoisotopic (exact) mass is 444 g/mol. The number of hydrogen-bond acceptors (Lipinski definition) is 6. The van der Waals surface area contributed by atoms with Crippen molar-refractivity contribution >= 4 is 35.0 Å². The number of benzene rings is 1. The summed E-state index contributed by atoms with van der Waals surface area (Å²) in [7, 11) is 0. The summed E-state index contributed by atoms with van der Waals surface area (Å²) in [6.45, 7) is 5.14. The van der Waals surface area contributed by atoms with Crippen LogP contribution < -0.4 is 39.7 Å². The molecule has 0 spiro atoms. The minimum absolute atomic E-state index is 0.109. The molecule has 0 aliphatic heterocycles. The third-order valence-corrected chi connectivity index (χ3v) is 4.36. The molecule has 0 heterocycles. The van der Waals surface area contributed by atoms with Crippen molar-refractivity contribution in [2.24, 2.45) is 59.8 Å². The molecule has 0 atom stereocenters. The van der Waals surface area contributed by atoms with Gasteiger partial charge < -0.3 is 39.7 Å². The van der Waals surface area contributed by atoms with E-state index in [1.165, 1.54) is 0 Å². The number of unbranched alkanes of at least 4 members (excludes halogenated alkanes) is 4. The van der Waals surface area contributed by atoms with E-state index in [2.05, 4.69) is 30.7 Å². The summed E-state index contributed by atoms with van der Waals surface area (Å²) in [5, 5.41) is 19.0. The van der Waals surface area contributed by atoms with Gasteiger partial charge in [0, 0.05) is 29.9 Å². The van der Waals surface area contributed by atoms with Crippen molar-refractivity contribution < 1.29 is 0 Å². The van der Waals surface area contributed by atoms with Crippen LogP contribution in [0.5, 0.6) is 0 Å². The first kappa shape index (κ1) is 26.2. The Morgan fingerprint density at radius 3 is 1.66 bits per heavy atom. The zero-order valence-electron chi connectivity index (χ0n) is 18.9. The van der Waals surface area contributed by atoms with Crippen molar-refractivity contribution in [3.8, 4) is 0 Å². The van der Waals surface area contributed by atoms with Crippen molar-refractivity contribution in [1.82, 2.24) is 0 Å². The van der Waals surface area contributed by atoms with Gasteiger partial charge in [-0.1, -0.05) is 19.3 Å². The van der Waals surface area contributed by atoms with Gasteiger partial charge >= 0.3 is 0 Å². The number of nitrogens with two attached hydrogens (primary N) is 6. The largest absolute Gasteiger partial charge is 0.385 e. The van der Waals surface area contributed by atoms with E-state index >= 15 is 0 Å². The van der Waals surface area contributed by atoms with Crippen LogP contribution in [0.2, 0.25) is 0 Å². The molecule has 32 heavy (non-hydrogen) atoms. The molecule has 0 aliphatic rings. The molecule has 0 saturated carbocycles. The molecule has 0 aliphatic carbocycles. The van der Waals surface area contributed by atoms with Crippen LogP contribution in [-0.4, -0.2) is 42.4 Å². The zero-order chi connectivity index (χ0) is 23.9. The van der Waals surface area contributed by atoms with Crippen LogP contribution in [0.1, 0.15) is 57.1 Å². The second-order valence-corrected chi connectivity index (χ2v) is 7.22. The van der Waals surface area contributed by atoms with Crippen molar-refractivity contribution in [2.45, 2.75) is 46.0 Å². The lowest BCUT2D eigenvalue weighted by Gasteiger charge is -2.11. The first-order valence-electron chi connectivity index (χ1n) is 10.4. The smallest absolute Gasteiger partial charge is 0.211 e. The molecule has 0 saturated heterocycles. The van der Waals surface area contributed by atoms with Gasteiger partial charge in [-0.2, -0.15) is 10.2 Å². The maximum Gasteiger partial charge on any atom is 0.211 e. The number of aliphatic imine (C=N–C) groups is 1. The van der Waals surface area contributed by atoms with E-state index in [0.717, 1.165) is 55.5 Å². The van der Waals surface area contributed by atoms with Crippen LogP contribution in [0.3, 0.4) is 0 Å². The lowest BCUT2D eigenvalue weighted by Crippen LogP contribution is -2.22. The van der Waals surface area contributed by atoms with Gasteiger partial charge in [0.05, 0.1) is 11.4 Å². The first-order chi connectivity index (χ1) is 15.2. The number of rotatable bonds is 13. The molecule has 1 aromatic carbocycles. The molecule has 1 rings (SSSR count). The number of anilines is 1. The summed E-state index contributed by atoms with van der Waals surface area (Å²) in [4.78, 5) is 3.99. The van der Waals surface area contributed by atoms with E-state index in [1.54, 1.807) is 0 Å². The van der Waals surface area contributed by atoms with Crippen LogP contribution >= 0.6 is 0 Å². The first-order valence-corrected chi connectivity index (χ1v) is 10.4. The predicted molar refractivity (Wildman–Crippen MR) is 135 cm³/mol. The molecule has 0 fully saturated rings. The maximum absolute atomic E-state index is 5.37. The van der Waals surface area contributed by atoms with E-state index in [1.807, 2.05) is 32.0 Å². The van der Waals surface area contributed by atoms with Crippen LogP contribution in [0.4, 0.5) is 5.69 Å². The highest BCUT2D eigenvalue weighted by atomic mass is 15.3. The Morgan fingerprint density at radius 2 is 1.16 bits per heavy atom. The normalized spacial score (nSPS) is 11.6. The number of hydrogen-bond donors (Lipinski definition) is 7. The Balaban J connectivity index is 2.81. The van der Waals surface area contributed by atoms with Crippen LogP contribution in [0.15, 0.2) is 43.6 Å². The highest BCUT2D eigenvalue weighted by Crippen LogP contribution is 2.18. The minimum atomic E-state index is -0.109. The van der Waals surface area contributed by atoms with Gasteiger partial charge in [-0.05, 0) is 44.9 Å². The second-order valence-electron chi connectivity index (χ2n) is 7.22. The SMILES string of the molecule is C/C(=N\N=C(N)N)c1cc(NCCCCCCCN=C(N)N)cc(/C(C)=N/N=C(N)N)c1. The van der Waals surface area contributed by atoms with Crippen molar-refractivity contribution in [1.29, 1.82) is 0 Å². The molecule has 12 nitrogen and oxygen atoms in total. The lowest BCUT2D eigenvalue weighted by atomic mass is 10.0. The number of guanidine groups is 3. The summed E-state index contributed by atoms with van der Waals surface area (Å²) in [6.07, 6.45) is 5.35. The Bertz CT molecular complexity index is 818. The lowest BCUT2D eigenvalue weighted by molar-refractivity contribution is 0.629. The molecule has 0 radical (unpaired) electrons. The molecule has 0 aromatic heterocycles. The fraction of sp³-hybridized carbons (Fsp3) is 0.450. The molecule has 176 valence electrons. The summed E-state index contributed by atoms with van der Waals surface area (Å²) in [5.74, 6) is -0.0710. The standard InChI is InChI=1S/C20H36N12/c1-13(29-31-19(23)24)15-10-16(14(2)30-32-20(25)26)12-17(11-15)27-8-6-4-3-5-7-9-28-18(21)22/h10-12,27H,3-9H2,1-2H3,(H4,21,22,28)(H4,23,24,31)(H4,25,26,32)/b29-13+,30-14+. The van der Waals surface area contributed by atoms with Gasteiger partial charge in [-0.15, -0.1) is 10.2 Å². The summed E-state index contributed by atoms with van der Waals surface area (Å²) >= 11 is 0. The van der Waals surface area contributed by atoms with Crippen molar-refractivity contribution in [3.05, 3.63) is 29.3 Å². The van der Waals surface area contributed by atoms with E-state index in [-0.39, 0.29) is 17.9 Å². The third kappa shape index (κ3) is 11.4. The summed E-state index contributed by atoms with van der Waals surface area (Å²) < 4.78 is 0. The van der Waals surface area contributed by atoms with Crippen LogP contribution in [-0.2, 0) is 0 Å². The summed E-state index contributed by atoms with van der Waals surface area (Å²) in [5.41, 5.74) is 36.0. The summed E-state index contributed by atoms with van der Waals surface area (Å²) in [6, 6.07) is 5.88. The molecule has 13 N–H and O–H groups in total. The quantitative estimate of drug-likeness (QED) is 0.0972. The minimum Gasteiger partial charge on any atom is -0.385 e. The zero-order valence-corrected chi connectivity index (χ0v) is 18.9. The molecule has 1 aromatic rings. The Morgan fingerprint density at radius 1 is 0.656 bits per heavy atom. The van der Waals surface area contributed by atoms with Gasteiger partial charge in [0.25, 0.3) is 0 Å². The van der Waals surface area contributed by atoms with Gasteiger partial charge in [0.15, 0.2) is 5.96 Å². The molecular weight excluding hydrogens is 408 g/mol. The van der Waals surface area contributed by atoms with E-state index in [9.17, 15) is 0 Å². The second kappa shape index (κ2) is 14.2. The van der Waals surface area contributed by atoms with E-state index in [4.69, 9.17) is 34.4 Å². The van der Waals surface area contributed by atoms with E-state index < -0.39 is 0 Å².